The Morgan fingerprint density at radius 3 is 2.33 bits per heavy atom. The van der Waals surface area contributed by atoms with Crippen molar-refractivity contribution in [3.63, 3.8) is 0 Å². The number of rotatable bonds is 6. The van der Waals surface area contributed by atoms with Crippen LogP contribution in [-0.4, -0.2) is 17.8 Å². The molecule has 2 N–H and O–H groups in total. The molecule has 4 fully saturated rings. The van der Waals surface area contributed by atoms with Gasteiger partial charge in [-0.15, -0.1) is 0 Å². The van der Waals surface area contributed by atoms with Crippen LogP contribution in [0.5, 0.6) is 0 Å². The van der Waals surface area contributed by atoms with E-state index in [1.54, 1.807) is 0 Å². The van der Waals surface area contributed by atoms with E-state index >= 15 is 0 Å². The zero-order chi connectivity index (χ0) is 25.8. The Labute approximate surface area is 218 Å². The average molecular weight is 497 g/mol. The summed E-state index contributed by atoms with van der Waals surface area (Å²) >= 11 is 0. The number of amides is 4. The Balaban J connectivity index is 1.30. The van der Waals surface area contributed by atoms with Crippen LogP contribution in [0.1, 0.15) is 105 Å². The van der Waals surface area contributed by atoms with Crippen LogP contribution in [0.25, 0.3) is 0 Å². The van der Waals surface area contributed by atoms with Crippen LogP contribution in [0, 0.1) is 58.2 Å². The number of fused-ring (bicyclic) bond motifs is 5. The summed E-state index contributed by atoms with van der Waals surface area (Å²) in [5.74, 6) is 3.26. The molecule has 1 saturated heterocycles. The van der Waals surface area contributed by atoms with E-state index in [0.717, 1.165) is 54.8 Å². The molecule has 3 saturated carbocycles. The number of barbiturate groups is 1. The first-order valence-corrected chi connectivity index (χ1v) is 14.9. The lowest BCUT2D eigenvalue weighted by molar-refractivity contribution is -0.139. The maximum atomic E-state index is 12.5. The van der Waals surface area contributed by atoms with Gasteiger partial charge in [0.05, 0.1) is 0 Å². The molecule has 5 nitrogen and oxygen atoms in total. The number of allylic oxidation sites excluding steroid dienone is 2. The van der Waals surface area contributed by atoms with Crippen molar-refractivity contribution < 1.29 is 14.4 Å². The number of hydrogen-bond donors (Lipinski definition) is 2. The second-order valence-corrected chi connectivity index (χ2v) is 14.1. The van der Waals surface area contributed by atoms with Crippen molar-refractivity contribution in [1.29, 1.82) is 0 Å². The van der Waals surface area contributed by atoms with Crippen molar-refractivity contribution in [1.82, 2.24) is 10.6 Å². The van der Waals surface area contributed by atoms with Crippen LogP contribution >= 0.6 is 0 Å². The number of carbonyl (C=O) groups excluding carboxylic acids is 3. The molecule has 1 aliphatic heterocycles. The lowest BCUT2D eigenvalue weighted by Gasteiger charge is -2.59. The summed E-state index contributed by atoms with van der Waals surface area (Å²) in [7, 11) is 0. The van der Waals surface area contributed by atoms with Crippen LogP contribution in [0.4, 0.5) is 4.79 Å². The highest BCUT2D eigenvalue weighted by molar-refractivity contribution is 6.16. The van der Waals surface area contributed by atoms with Gasteiger partial charge in [0.2, 0.25) is 11.8 Å². The van der Waals surface area contributed by atoms with Crippen LogP contribution in [0.3, 0.4) is 0 Å². The third-order valence-corrected chi connectivity index (χ3v) is 11.9. The Morgan fingerprint density at radius 2 is 1.64 bits per heavy atom. The number of hydrogen-bond acceptors (Lipinski definition) is 3. The highest BCUT2D eigenvalue weighted by Crippen LogP contribution is 2.67. The van der Waals surface area contributed by atoms with E-state index in [9.17, 15) is 14.4 Å². The van der Waals surface area contributed by atoms with Gasteiger partial charge in [-0.25, -0.2) is 4.79 Å². The minimum Gasteiger partial charge on any atom is -0.277 e. The SMILES string of the molecule is CC(C)CCC[C@@H](C)[C@H]1CC[C@H]2[C@@H]3CC=C4C[C@@H](C5C(=O)NC(=O)NC5=O)CC[C@]4(C)[C@H]3CC[C@]12C. The van der Waals surface area contributed by atoms with Gasteiger partial charge in [0.25, 0.3) is 0 Å². The molecular formula is C31H48N2O3. The zero-order valence-electron chi connectivity index (χ0n) is 23.2. The molecule has 0 spiro atoms. The van der Waals surface area contributed by atoms with Gasteiger partial charge in [-0.05, 0) is 104 Å². The van der Waals surface area contributed by atoms with E-state index < -0.39 is 23.8 Å². The van der Waals surface area contributed by atoms with Gasteiger partial charge in [0.15, 0.2) is 0 Å². The molecule has 0 radical (unpaired) electrons. The summed E-state index contributed by atoms with van der Waals surface area (Å²) in [6.45, 7) is 12.4. The minimum atomic E-state index is -0.742. The van der Waals surface area contributed by atoms with Crippen LogP contribution in [-0.2, 0) is 9.59 Å². The zero-order valence-corrected chi connectivity index (χ0v) is 23.2. The van der Waals surface area contributed by atoms with E-state index in [0.29, 0.717) is 5.41 Å². The molecule has 0 aromatic rings. The fourth-order valence-corrected chi connectivity index (χ4v) is 9.96. The highest BCUT2D eigenvalue weighted by Gasteiger charge is 2.59. The summed E-state index contributed by atoms with van der Waals surface area (Å²) in [5.41, 5.74) is 2.17. The van der Waals surface area contributed by atoms with Gasteiger partial charge in [0.1, 0.15) is 5.92 Å². The molecule has 0 unspecified atom stereocenters. The van der Waals surface area contributed by atoms with Crippen molar-refractivity contribution in [2.75, 3.05) is 0 Å². The van der Waals surface area contributed by atoms with Crippen LogP contribution in [0.15, 0.2) is 11.6 Å². The third-order valence-electron chi connectivity index (χ3n) is 11.9. The number of carbonyl (C=O) groups is 3. The largest absolute Gasteiger partial charge is 0.328 e. The third kappa shape index (κ3) is 4.26. The van der Waals surface area contributed by atoms with Gasteiger partial charge in [-0.2, -0.15) is 0 Å². The molecule has 8 atom stereocenters. The van der Waals surface area contributed by atoms with E-state index in [1.165, 1.54) is 56.9 Å². The lowest BCUT2D eigenvalue weighted by atomic mass is 9.46. The topological polar surface area (TPSA) is 75.3 Å². The molecule has 4 amide bonds. The summed E-state index contributed by atoms with van der Waals surface area (Å²) in [5, 5.41) is 4.63. The number of nitrogens with one attached hydrogen (secondary N) is 2. The molecule has 0 aromatic carbocycles. The molecular weight excluding hydrogens is 448 g/mol. The van der Waals surface area contributed by atoms with Crippen molar-refractivity contribution in [3.05, 3.63) is 11.6 Å². The fourth-order valence-electron chi connectivity index (χ4n) is 9.96. The Hall–Kier alpha value is -1.65. The maximum Gasteiger partial charge on any atom is 0.328 e. The second kappa shape index (κ2) is 9.58. The van der Waals surface area contributed by atoms with Gasteiger partial charge in [-0.1, -0.05) is 65.5 Å². The van der Waals surface area contributed by atoms with Gasteiger partial charge < -0.3 is 0 Å². The van der Waals surface area contributed by atoms with Crippen LogP contribution < -0.4 is 10.6 Å². The van der Waals surface area contributed by atoms with Gasteiger partial charge in [-0.3, -0.25) is 20.2 Å². The van der Waals surface area contributed by atoms with E-state index in [2.05, 4.69) is 51.3 Å². The van der Waals surface area contributed by atoms with Gasteiger partial charge >= 0.3 is 6.03 Å². The summed E-state index contributed by atoms with van der Waals surface area (Å²) < 4.78 is 0. The normalized spacial score (nSPS) is 41.7. The quantitative estimate of drug-likeness (QED) is 0.320. The summed E-state index contributed by atoms with van der Waals surface area (Å²) in [6, 6.07) is -0.684. The van der Waals surface area contributed by atoms with Crippen molar-refractivity contribution in [3.8, 4) is 0 Å². The fraction of sp³-hybridized carbons (Fsp3) is 0.839. The molecule has 5 heteroatoms. The number of imide groups is 2. The standard InChI is InChI=1S/C31H48N2O3/c1-18(2)7-6-8-19(3)23-11-12-24-22-10-9-21-17-20(26-27(34)32-29(36)33-28(26)35)13-15-30(21,4)25(22)14-16-31(23,24)5/h9,18-20,22-26H,6-8,10-17H2,1-5H3,(H2,32,33,34,35,36)/t19-,20+,22+,23-,24+,25+,30+,31-/m1/s1. The predicted molar refractivity (Wildman–Crippen MR) is 142 cm³/mol. The van der Waals surface area contributed by atoms with E-state index in [1.807, 2.05) is 0 Å². The molecule has 5 rings (SSSR count). The maximum absolute atomic E-state index is 12.5. The van der Waals surface area contributed by atoms with Gasteiger partial charge in [0, 0.05) is 0 Å². The predicted octanol–water partition coefficient (Wildman–Crippen LogP) is 6.63. The minimum absolute atomic E-state index is 0.00891. The molecule has 200 valence electrons. The Bertz CT molecular complexity index is 920. The number of urea groups is 1. The lowest BCUT2D eigenvalue weighted by Crippen LogP contribution is -2.58. The summed E-state index contributed by atoms with van der Waals surface area (Å²) in [4.78, 5) is 36.6. The highest BCUT2D eigenvalue weighted by atomic mass is 16.2. The monoisotopic (exact) mass is 496 g/mol. The first-order chi connectivity index (χ1) is 17.0. The average Bonchev–Trinajstić information content (AvgIpc) is 3.15. The molecule has 5 aliphatic rings. The first-order valence-electron chi connectivity index (χ1n) is 14.9. The van der Waals surface area contributed by atoms with Crippen molar-refractivity contribution >= 4 is 17.8 Å². The van der Waals surface area contributed by atoms with Crippen molar-refractivity contribution in [2.24, 2.45) is 58.2 Å². The molecule has 0 bridgehead atoms. The first kappa shape index (κ1) is 26.0. The van der Waals surface area contributed by atoms with Crippen molar-refractivity contribution in [2.45, 2.75) is 105 Å². The Kier molecular flexibility index (Phi) is 6.91. The Morgan fingerprint density at radius 1 is 0.917 bits per heavy atom. The van der Waals surface area contributed by atoms with E-state index in [-0.39, 0.29) is 11.3 Å². The molecule has 1 heterocycles. The van der Waals surface area contributed by atoms with E-state index in [4.69, 9.17) is 0 Å². The molecule has 4 aliphatic carbocycles. The smallest absolute Gasteiger partial charge is 0.277 e. The second-order valence-electron chi connectivity index (χ2n) is 14.1. The molecule has 0 aromatic heterocycles. The summed E-state index contributed by atoms with van der Waals surface area (Å²) in [6.07, 6.45) is 16.0. The molecule has 36 heavy (non-hydrogen) atoms. The van der Waals surface area contributed by atoms with Crippen LogP contribution in [0.2, 0.25) is 0 Å².